The van der Waals surface area contributed by atoms with Crippen LogP contribution in [-0.4, -0.2) is 5.91 Å². The normalized spacial score (nSPS) is 10.7. The molecular weight excluding hydrogens is 343 g/mol. The molecule has 0 saturated carbocycles. The maximum atomic E-state index is 13.0. The van der Waals surface area contributed by atoms with Crippen LogP contribution in [0, 0.1) is 5.82 Å². The molecule has 1 amide bonds. The first-order valence-corrected chi connectivity index (χ1v) is 8.41. The van der Waals surface area contributed by atoms with Crippen LogP contribution in [0.3, 0.4) is 0 Å². The van der Waals surface area contributed by atoms with Gasteiger partial charge >= 0.3 is 0 Å². The Morgan fingerprint density at radius 3 is 2.48 bits per heavy atom. The minimum atomic E-state index is -0.449. The lowest BCUT2D eigenvalue weighted by Crippen LogP contribution is -2.09. The molecular formula is C22H19FN2O2. The van der Waals surface area contributed by atoms with E-state index < -0.39 is 5.82 Å². The van der Waals surface area contributed by atoms with Crippen LogP contribution < -0.4 is 15.8 Å². The zero-order chi connectivity index (χ0) is 19.1. The number of benzene rings is 3. The van der Waals surface area contributed by atoms with E-state index in [1.54, 1.807) is 6.08 Å². The van der Waals surface area contributed by atoms with E-state index in [1.165, 1.54) is 18.2 Å². The summed E-state index contributed by atoms with van der Waals surface area (Å²) in [5, 5.41) is 2.62. The number of nitrogens with two attached hydrogens (primary N) is 1. The second-order valence-corrected chi connectivity index (χ2v) is 5.90. The molecule has 27 heavy (non-hydrogen) atoms. The maximum absolute atomic E-state index is 13.0. The number of nitrogen functional groups attached to an aromatic ring is 1. The van der Waals surface area contributed by atoms with Crippen molar-refractivity contribution in [2.24, 2.45) is 0 Å². The van der Waals surface area contributed by atoms with Crippen LogP contribution in [0.4, 0.5) is 15.8 Å². The van der Waals surface area contributed by atoms with Crippen LogP contribution in [-0.2, 0) is 11.4 Å². The predicted molar refractivity (Wildman–Crippen MR) is 106 cm³/mol. The number of rotatable bonds is 6. The smallest absolute Gasteiger partial charge is 0.248 e. The molecule has 0 radical (unpaired) electrons. The number of carbonyl (C=O) groups is 1. The molecule has 0 spiro atoms. The molecule has 3 aromatic carbocycles. The molecule has 3 N–H and O–H groups in total. The first kappa shape index (κ1) is 18.2. The Kier molecular flexibility index (Phi) is 5.84. The van der Waals surface area contributed by atoms with E-state index in [-0.39, 0.29) is 11.6 Å². The topological polar surface area (TPSA) is 64.3 Å². The van der Waals surface area contributed by atoms with Crippen molar-refractivity contribution in [3.8, 4) is 5.75 Å². The van der Waals surface area contributed by atoms with Crippen LogP contribution in [0.2, 0.25) is 0 Å². The van der Waals surface area contributed by atoms with Crippen LogP contribution in [0.25, 0.3) is 6.08 Å². The molecule has 0 atom stereocenters. The standard InChI is InChI=1S/C22H19FN2O2/c23-18-9-12-21(20(24)14-18)25-22(26)13-8-16-6-10-19(11-7-16)27-15-17-4-2-1-3-5-17/h1-14H,15,24H2,(H,25,26)/b13-8+. The van der Waals surface area contributed by atoms with E-state index in [1.807, 2.05) is 54.6 Å². The molecule has 0 aliphatic rings. The van der Waals surface area contributed by atoms with Crippen molar-refractivity contribution in [1.82, 2.24) is 0 Å². The monoisotopic (exact) mass is 362 g/mol. The van der Waals surface area contributed by atoms with Gasteiger partial charge in [0.1, 0.15) is 18.2 Å². The highest BCUT2D eigenvalue weighted by Crippen LogP contribution is 2.19. The lowest BCUT2D eigenvalue weighted by atomic mass is 10.2. The lowest BCUT2D eigenvalue weighted by Gasteiger charge is -2.07. The Bertz CT molecular complexity index is 938. The highest BCUT2D eigenvalue weighted by molar-refractivity contribution is 6.03. The van der Waals surface area contributed by atoms with Crippen LogP contribution in [0.5, 0.6) is 5.75 Å². The number of ether oxygens (including phenoxy) is 1. The van der Waals surface area contributed by atoms with E-state index >= 15 is 0 Å². The molecule has 0 bridgehead atoms. The number of carbonyl (C=O) groups excluding carboxylic acids is 1. The highest BCUT2D eigenvalue weighted by atomic mass is 19.1. The summed E-state index contributed by atoms with van der Waals surface area (Å²) in [6.45, 7) is 0.498. The fourth-order valence-corrected chi connectivity index (χ4v) is 2.41. The molecule has 0 saturated heterocycles. The van der Waals surface area contributed by atoms with Crippen molar-refractivity contribution in [3.63, 3.8) is 0 Å². The maximum Gasteiger partial charge on any atom is 0.248 e. The van der Waals surface area contributed by atoms with Gasteiger partial charge in [0.25, 0.3) is 0 Å². The third-order valence-corrected chi connectivity index (χ3v) is 3.83. The number of anilines is 2. The van der Waals surface area contributed by atoms with Gasteiger partial charge in [-0.15, -0.1) is 0 Å². The van der Waals surface area contributed by atoms with Gasteiger partial charge in [0.15, 0.2) is 0 Å². The third-order valence-electron chi connectivity index (χ3n) is 3.83. The Balaban J connectivity index is 1.54. The second kappa shape index (κ2) is 8.67. The van der Waals surface area contributed by atoms with Crippen LogP contribution >= 0.6 is 0 Å². The third kappa shape index (κ3) is 5.44. The largest absolute Gasteiger partial charge is 0.489 e. The number of halogens is 1. The van der Waals surface area contributed by atoms with Crippen molar-refractivity contribution in [2.45, 2.75) is 6.61 Å². The molecule has 0 aromatic heterocycles. The first-order valence-electron chi connectivity index (χ1n) is 8.41. The summed E-state index contributed by atoms with van der Waals surface area (Å²) < 4.78 is 18.7. The zero-order valence-electron chi connectivity index (χ0n) is 14.6. The lowest BCUT2D eigenvalue weighted by molar-refractivity contribution is -0.111. The average molecular weight is 362 g/mol. The van der Waals surface area contributed by atoms with Gasteiger partial charge in [-0.1, -0.05) is 42.5 Å². The molecule has 0 heterocycles. The summed E-state index contributed by atoms with van der Waals surface area (Å²) >= 11 is 0. The Labute approximate surface area is 157 Å². The van der Waals surface area contributed by atoms with Gasteiger partial charge in [-0.05, 0) is 47.5 Å². The highest BCUT2D eigenvalue weighted by Gasteiger charge is 2.03. The number of amides is 1. The van der Waals surface area contributed by atoms with Crippen molar-refractivity contribution in [3.05, 3.63) is 95.8 Å². The molecule has 0 aliphatic heterocycles. The van der Waals surface area contributed by atoms with Gasteiger partial charge in [-0.2, -0.15) is 0 Å². The molecule has 136 valence electrons. The molecule has 4 nitrogen and oxygen atoms in total. The molecule has 5 heteroatoms. The van der Waals surface area contributed by atoms with E-state index in [9.17, 15) is 9.18 Å². The van der Waals surface area contributed by atoms with E-state index in [2.05, 4.69) is 5.32 Å². The van der Waals surface area contributed by atoms with Gasteiger partial charge in [0.2, 0.25) is 5.91 Å². The summed E-state index contributed by atoms with van der Waals surface area (Å²) in [5.41, 5.74) is 8.17. The number of hydrogen-bond acceptors (Lipinski definition) is 3. The van der Waals surface area contributed by atoms with Gasteiger partial charge in [0.05, 0.1) is 11.4 Å². The quantitative estimate of drug-likeness (QED) is 0.496. The first-order chi connectivity index (χ1) is 13.1. The summed E-state index contributed by atoms with van der Waals surface area (Å²) in [5.74, 6) is -0.0483. The summed E-state index contributed by atoms with van der Waals surface area (Å²) in [6, 6.07) is 21.1. The molecule has 3 rings (SSSR count). The van der Waals surface area contributed by atoms with E-state index in [0.717, 1.165) is 22.9 Å². The minimum Gasteiger partial charge on any atom is -0.489 e. The summed E-state index contributed by atoms with van der Waals surface area (Å²) in [7, 11) is 0. The fourth-order valence-electron chi connectivity index (χ4n) is 2.41. The van der Waals surface area contributed by atoms with Crippen molar-refractivity contribution < 1.29 is 13.9 Å². The van der Waals surface area contributed by atoms with Crippen LogP contribution in [0.1, 0.15) is 11.1 Å². The summed E-state index contributed by atoms with van der Waals surface area (Å²) in [4.78, 5) is 12.0. The minimum absolute atomic E-state index is 0.177. The van der Waals surface area contributed by atoms with Gasteiger partial charge in [-0.3, -0.25) is 4.79 Å². The van der Waals surface area contributed by atoms with E-state index in [4.69, 9.17) is 10.5 Å². The Morgan fingerprint density at radius 1 is 1.04 bits per heavy atom. The van der Waals surface area contributed by atoms with Crippen molar-refractivity contribution in [1.29, 1.82) is 0 Å². The average Bonchev–Trinajstić information content (AvgIpc) is 2.68. The Morgan fingerprint density at radius 2 is 1.78 bits per heavy atom. The van der Waals surface area contributed by atoms with E-state index in [0.29, 0.717) is 12.3 Å². The molecule has 3 aromatic rings. The Hall–Kier alpha value is -3.60. The zero-order valence-corrected chi connectivity index (χ0v) is 14.6. The molecule has 0 aliphatic carbocycles. The predicted octanol–water partition coefficient (Wildman–Crippen LogP) is 4.64. The number of hydrogen-bond donors (Lipinski definition) is 2. The fraction of sp³-hybridized carbons (Fsp3) is 0.0455. The van der Waals surface area contributed by atoms with Crippen molar-refractivity contribution in [2.75, 3.05) is 11.1 Å². The van der Waals surface area contributed by atoms with Gasteiger partial charge in [-0.25, -0.2) is 4.39 Å². The second-order valence-electron chi connectivity index (χ2n) is 5.90. The molecule has 0 fully saturated rings. The SMILES string of the molecule is Nc1cc(F)ccc1NC(=O)/C=C/c1ccc(OCc2ccccc2)cc1. The van der Waals surface area contributed by atoms with Gasteiger partial charge < -0.3 is 15.8 Å². The van der Waals surface area contributed by atoms with Crippen LogP contribution in [0.15, 0.2) is 78.9 Å². The molecule has 0 unspecified atom stereocenters. The number of nitrogens with one attached hydrogen (secondary N) is 1. The summed E-state index contributed by atoms with van der Waals surface area (Å²) in [6.07, 6.45) is 3.07. The van der Waals surface area contributed by atoms with Gasteiger partial charge in [0, 0.05) is 6.08 Å². The van der Waals surface area contributed by atoms with Crippen molar-refractivity contribution >= 4 is 23.4 Å².